The predicted octanol–water partition coefficient (Wildman–Crippen LogP) is 3.38. The van der Waals surface area contributed by atoms with E-state index in [4.69, 9.17) is 8.74 Å². The number of amides is 1. The molecule has 4 aliphatic carbocycles. The molecule has 0 heterocycles. The average Bonchev–Trinajstić information content (AvgIpc) is 3.14. The summed E-state index contributed by atoms with van der Waals surface area (Å²) in [7, 11) is -7.58. The quantitative estimate of drug-likeness (QED) is 0.279. The standard InChI is InChI=1S/C27H47NO8S2/c1-17(5-8-24(30)28-13-14-38(33,34)35)20-6-7-21-25-22(10-12-27(20,21)3)26(2)11-9-19(36-37(4,31)32)15-18(26)16-23(25)29/h17-23,25,29H,5-16H2,1-4H3,(H,28,30)(H,33,34,35)/t17-,18?,19-,20-,21+,22+,23+,25+,26+,27-/m1/s1. The van der Waals surface area contributed by atoms with Crippen molar-refractivity contribution in [2.75, 3.05) is 18.6 Å². The summed E-state index contributed by atoms with van der Waals surface area (Å²) in [5, 5.41) is 14.1. The molecule has 10 atom stereocenters. The van der Waals surface area contributed by atoms with Crippen molar-refractivity contribution in [3.63, 3.8) is 0 Å². The zero-order valence-corrected chi connectivity index (χ0v) is 24.9. The largest absolute Gasteiger partial charge is 0.393 e. The summed E-state index contributed by atoms with van der Waals surface area (Å²) in [6.07, 6.45) is 8.92. The van der Waals surface area contributed by atoms with Gasteiger partial charge in [0, 0.05) is 13.0 Å². The van der Waals surface area contributed by atoms with Crippen molar-refractivity contribution >= 4 is 26.1 Å². The normalized spacial score (nSPS) is 42.0. The van der Waals surface area contributed by atoms with Crippen LogP contribution in [0.1, 0.15) is 85.0 Å². The molecule has 9 nitrogen and oxygen atoms in total. The van der Waals surface area contributed by atoms with Crippen LogP contribution in [0.5, 0.6) is 0 Å². The molecule has 4 saturated carbocycles. The second-order valence-electron chi connectivity index (χ2n) is 13.4. The first kappa shape index (κ1) is 30.2. The SMILES string of the molecule is C[C@H](CCC(=O)NCCS(=O)(=O)O)[C@H]1CC[C@H]2[C@@H]3[C@@H](O)CC4C[C@H](OS(C)(=O)=O)CC[C@]4(C)[C@H]3CC[C@]12C. The fraction of sp³-hybridized carbons (Fsp3) is 0.963. The Balaban J connectivity index is 1.39. The first-order chi connectivity index (χ1) is 17.5. The van der Waals surface area contributed by atoms with E-state index >= 15 is 0 Å². The third kappa shape index (κ3) is 6.26. The number of fused-ring (bicyclic) bond motifs is 5. The van der Waals surface area contributed by atoms with E-state index in [2.05, 4.69) is 26.1 Å². The highest BCUT2D eigenvalue weighted by molar-refractivity contribution is 7.86. The molecule has 0 spiro atoms. The molecule has 1 amide bonds. The predicted molar refractivity (Wildman–Crippen MR) is 144 cm³/mol. The third-order valence-electron chi connectivity index (χ3n) is 11.2. The van der Waals surface area contributed by atoms with Crippen LogP contribution in [0.25, 0.3) is 0 Å². The van der Waals surface area contributed by atoms with Crippen LogP contribution < -0.4 is 5.32 Å². The molecular formula is C27H47NO8S2. The van der Waals surface area contributed by atoms with E-state index in [1.165, 1.54) is 0 Å². The van der Waals surface area contributed by atoms with Crippen LogP contribution in [0.3, 0.4) is 0 Å². The molecule has 0 saturated heterocycles. The number of aliphatic hydroxyl groups is 1. The summed E-state index contributed by atoms with van der Waals surface area (Å²) in [6.45, 7) is 6.90. The Morgan fingerprint density at radius 3 is 2.34 bits per heavy atom. The second kappa shape index (κ2) is 10.9. The Kier molecular flexibility index (Phi) is 8.68. The van der Waals surface area contributed by atoms with Gasteiger partial charge in [-0.1, -0.05) is 20.8 Å². The van der Waals surface area contributed by atoms with E-state index in [-0.39, 0.29) is 47.3 Å². The van der Waals surface area contributed by atoms with E-state index in [0.29, 0.717) is 42.9 Å². The van der Waals surface area contributed by atoms with Crippen LogP contribution in [0, 0.1) is 46.3 Å². The van der Waals surface area contributed by atoms with Crippen LogP contribution >= 0.6 is 0 Å². The molecule has 11 heteroatoms. The van der Waals surface area contributed by atoms with Crippen molar-refractivity contribution in [2.45, 2.75) is 97.2 Å². The maximum absolute atomic E-state index is 12.2. The average molecular weight is 578 g/mol. The maximum atomic E-state index is 12.2. The van der Waals surface area contributed by atoms with Gasteiger partial charge in [-0.15, -0.1) is 0 Å². The summed E-state index contributed by atoms with van der Waals surface area (Å²) < 4.78 is 59.4. The van der Waals surface area contributed by atoms with Crippen LogP contribution in [0.15, 0.2) is 0 Å². The number of hydrogen-bond acceptors (Lipinski definition) is 7. The Morgan fingerprint density at radius 2 is 1.68 bits per heavy atom. The molecule has 38 heavy (non-hydrogen) atoms. The van der Waals surface area contributed by atoms with Crippen molar-refractivity contribution in [2.24, 2.45) is 46.3 Å². The summed E-state index contributed by atoms with van der Waals surface area (Å²) >= 11 is 0. The van der Waals surface area contributed by atoms with E-state index in [1.54, 1.807) is 0 Å². The monoisotopic (exact) mass is 577 g/mol. The molecule has 4 rings (SSSR count). The number of carbonyl (C=O) groups is 1. The molecule has 3 N–H and O–H groups in total. The van der Waals surface area contributed by atoms with Gasteiger partial charge in [0.05, 0.1) is 24.2 Å². The van der Waals surface area contributed by atoms with Gasteiger partial charge in [0.1, 0.15) is 0 Å². The van der Waals surface area contributed by atoms with Gasteiger partial charge < -0.3 is 10.4 Å². The molecule has 4 aliphatic rings. The lowest BCUT2D eigenvalue weighted by molar-refractivity contribution is -0.172. The minimum atomic E-state index is -4.09. The molecular weight excluding hydrogens is 530 g/mol. The number of nitrogens with one attached hydrogen (secondary N) is 1. The lowest BCUT2D eigenvalue weighted by Gasteiger charge is -2.62. The van der Waals surface area contributed by atoms with E-state index in [0.717, 1.165) is 51.2 Å². The molecule has 0 bridgehead atoms. The molecule has 0 aromatic rings. The molecule has 0 aromatic carbocycles. The van der Waals surface area contributed by atoms with Gasteiger partial charge in [-0.25, -0.2) is 0 Å². The fourth-order valence-corrected chi connectivity index (χ4v) is 10.5. The third-order valence-corrected chi connectivity index (χ3v) is 12.6. The number of aliphatic hydroxyl groups excluding tert-OH is 1. The maximum Gasteiger partial charge on any atom is 0.266 e. The van der Waals surface area contributed by atoms with Gasteiger partial charge in [-0.3, -0.25) is 13.5 Å². The summed E-state index contributed by atoms with van der Waals surface area (Å²) in [6, 6.07) is 0. The van der Waals surface area contributed by atoms with Crippen LogP contribution in [-0.4, -0.2) is 63.2 Å². The van der Waals surface area contributed by atoms with Gasteiger partial charge in [0.25, 0.3) is 20.2 Å². The molecule has 220 valence electrons. The lowest BCUT2D eigenvalue weighted by atomic mass is 9.43. The van der Waals surface area contributed by atoms with Gasteiger partial charge in [0.15, 0.2) is 0 Å². The number of rotatable bonds is 9. The highest BCUT2D eigenvalue weighted by Crippen LogP contribution is 2.68. The van der Waals surface area contributed by atoms with Crippen molar-refractivity contribution in [1.82, 2.24) is 5.32 Å². The van der Waals surface area contributed by atoms with E-state index in [9.17, 15) is 26.7 Å². The number of hydrogen-bond donors (Lipinski definition) is 3. The summed E-state index contributed by atoms with van der Waals surface area (Å²) in [4.78, 5) is 12.2. The topological polar surface area (TPSA) is 147 Å². The van der Waals surface area contributed by atoms with Gasteiger partial charge >= 0.3 is 0 Å². The molecule has 4 fully saturated rings. The minimum Gasteiger partial charge on any atom is -0.393 e. The minimum absolute atomic E-state index is 0.0862. The smallest absolute Gasteiger partial charge is 0.266 e. The molecule has 0 radical (unpaired) electrons. The molecule has 1 unspecified atom stereocenters. The Labute approximate surface area is 228 Å². The summed E-state index contributed by atoms with van der Waals surface area (Å²) in [5.41, 5.74) is 0.204. The lowest BCUT2D eigenvalue weighted by Crippen LogP contribution is -2.58. The van der Waals surface area contributed by atoms with Gasteiger partial charge in [-0.05, 0) is 104 Å². The van der Waals surface area contributed by atoms with E-state index < -0.39 is 26.0 Å². The highest BCUT2D eigenvalue weighted by atomic mass is 32.2. The number of carbonyl (C=O) groups excluding carboxylic acids is 1. The fourth-order valence-electron chi connectivity index (χ4n) is 9.46. The molecule has 0 aliphatic heterocycles. The first-order valence-electron chi connectivity index (χ1n) is 14.3. The van der Waals surface area contributed by atoms with Crippen molar-refractivity contribution in [3.05, 3.63) is 0 Å². The Bertz CT molecular complexity index is 1090. The van der Waals surface area contributed by atoms with Crippen molar-refractivity contribution in [3.8, 4) is 0 Å². The van der Waals surface area contributed by atoms with Crippen LogP contribution in [0.4, 0.5) is 0 Å². The second-order valence-corrected chi connectivity index (χ2v) is 16.5. The summed E-state index contributed by atoms with van der Waals surface area (Å²) in [5.74, 6) is 1.51. The zero-order valence-electron chi connectivity index (χ0n) is 23.3. The Morgan fingerprint density at radius 1 is 1.03 bits per heavy atom. The first-order valence-corrected chi connectivity index (χ1v) is 17.7. The van der Waals surface area contributed by atoms with Crippen LogP contribution in [0.2, 0.25) is 0 Å². The van der Waals surface area contributed by atoms with E-state index in [1.807, 2.05) is 0 Å². The van der Waals surface area contributed by atoms with Gasteiger partial charge in [-0.2, -0.15) is 16.8 Å². The molecule has 0 aromatic heterocycles. The van der Waals surface area contributed by atoms with Crippen molar-refractivity contribution in [1.29, 1.82) is 0 Å². The zero-order chi connectivity index (χ0) is 28.1. The van der Waals surface area contributed by atoms with Crippen molar-refractivity contribution < 1.29 is 35.5 Å². The Hall–Kier alpha value is -0.750. The van der Waals surface area contributed by atoms with Crippen LogP contribution in [-0.2, 0) is 29.2 Å². The highest BCUT2D eigenvalue weighted by Gasteiger charge is 2.63. The van der Waals surface area contributed by atoms with Gasteiger partial charge in [0.2, 0.25) is 5.91 Å².